The molecule has 3 heterocycles. The minimum absolute atomic E-state index is 0.00396. The van der Waals surface area contributed by atoms with Crippen LogP contribution in [-0.2, 0) is 17.8 Å². The molecule has 1 amide bonds. The van der Waals surface area contributed by atoms with Crippen molar-refractivity contribution < 1.29 is 4.79 Å². The van der Waals surface area contributed by atoms with E-state index >= 15 is 0 Å². The van der Waals surface area contributed by atoms with Crippen molar-refractivity contribution >= 4 is 33.2 Å². The summed E-state index contributed by atoms with van der Waals surface area (Å²) in [4.78, 5) is 25.2. The molecule has 0 aliphatic heterocycles. The number of rotatable bonds is 7. The predicted octanol–water partition coefficient (Wildman–Crippen LogP) is 3.53. The van der Waals surface area contributed by atoms with Gasteiger partial charge in [0.1, 0.15) is 10.5 Å². The van der Waals surface area contributed by atoms with Crippen LogP contribution >= 0.6 is 11.3 Å². The number of hydrogen-bond donors (Lipinski definition) is 1. The van der Waals surface area contributed by atoms with Gasteiger partial charge in [0.2, 0.25) is 11.7 Å². The topological polar surface area (TPSA) is 81.3 Å². The van der Waals surface area contributed by atoms with E-state index in [2.05, 4.69) is 22.4 Å². The quantitative estimate of drug-likeness (QED) is 0.640. The van der Waals surface area contributed by atoms with E-state index in [1.807, 2.05) is 22.8 Å². The molecule has 7 nitrogen and oxygen atoms in total. The summed E-state index contributed by atoms with van der Waals surface area (Å²) in [5.74, 6) is 2.10. The maximum absolute atomic E-state index is 12.8. The number of aromatic nitrogens is 4. The third-order valence-electron chi connectivity index (χ3n) is 5.99. The molecule has 0 unspecified atom stereocenters. The van der Waals surface area contributed by atoms with Crippen LogP contribution in [0.25, 0.3) is 16.0 Å². The molecule has 0 radical (unpaired) electrons. The van der Waals surface area contributed by atoms with Gasteiger partial charge in [-0.3, -0.25) is 18.6 Å². The summed E-state index contributed by atoms with van der Waals surface area (Å²) in [5, 5.41) is 13.8. The molecule has 1 N–H and O–H groups in total. The van der Waals surface area contributed by atoms with E-state index in [4.69, 9.17) is 0 Å². The fourth-order valence-electron chi connectivity index (χ4n) is 4.38. The first-order valence-corrected chi connectivity index (χ1v) is 11.6. The molecule has 156 valence electrons. The third kappa shape index (κ3) is 3.95. The molecule has 8 heteroatoms. The van der Waals surface area contributed by atoms with Crippen molar-refractivity contribution in [1.29, 1.82) is 0 Å². The Kier molecular flexibility index (Phi) is 5.99. The number of amides is 1. The summed E-state index contributed by atoms with van der Waals surface area (Å²) < 4.78 is 4.44. The van der Waals surface area contributed by atoms with Crippen LogP contribution in [0.2, 0.25) is 0 Å². The van der Waals surface area contributed by atoms with E-state index in [-0.39, 0.29) is 11.5 Å². The van der Waals surface area contributed by atoms with Crippen LogP contribution < -0.4 is 10.9 Å². The van der Waals surface area contributed by atoms with Gasteiger partial charge in [0.25, 0.3) is 5.56 Å². The number of nitrogens with one attached hydrogen (secondary N) is 1. The molecule has 3 aromatic rings. The van der Waals surface area contributed by atoms with Crippen LogP contribution in [0.4, 0.5) is 0 Å². The van der Waals surface area contributed by atoms with Crippen LogP contribution in [-0.4, -0.2) is 31.1 Å². The van der Waals surface area contributed by atoms with E-state index in [0.717, 1.165) is 28.9 Å². The maximum atomic E-state index is 12.8. The Morgan fingerprint density at radius 3 is 2.93 bits per heavy atom. The molecule has 1 saturated carbocycles. The van der Waals surface area contributed by atoms with E-state index in [0.29, 0.717) is 43.5 Å². The summed E-state index contributed by atoms with van der Waals surface area (Å²) in [5.41, 5.74) is 0.868. The van der Waals surface area contributed by atoms with Crippen LogP contribution in [0.5, 0.6) is 0 Å². The van der Waals surface area contributed by atoms with Gasteiger partial charge in [-0.1, -0.05) is 26.7 Å². The lowest BCUT2D eigenvalue weighted by molar-refractivity contribution is -0.122. The van der Waals surface area contributed by atoms with Gasteiger partial charge in [-0.25, -0.2) is 0 Å². The Morgan fingerprint density at radius 2 is 2.14 bits per heavy atom. The molecule has 2 atom stereocenters. The van der Waals surface area contributed by atoms with Gasteiger partial charge in [-0.05, 0) is 43.0 Å². The van der Waals surface area contributed by atoms with Gasteiger partial charge in [0, 0.05) is 25.4 Å². The minimum atomic E-state index is 0.00396. The second-order valence-corrected chi connectivity index (χ2v) is 9.05. The number of fused-ring (bicyclic) bond motifs is 3. The van der Waals surface area contributed by atoms with Gasteiger partial charge in [0.15, 0.2) is 0 Å². The molecular weight excluding hydrogens is 386 g/mol. The normalized spacial score (nSPS) is 19.8. The highest BCUT2D eigenvalue weighted by molar-refractivity contribution is 7.17. The van der Waals surface area contributed by atoms with Gasteiger partial charge >= 0.3 is 0 Å². The van der Waals surface area contributed by atoms with E-state index in [1.165, 1.54) is 30.6 Å². The smallest absolute Gasteiger partial charge is 0.272 e. The first kappa shape index (κ1) is 20.1. The number of thiophene rings is 1. The Hall–Kier alpha value is -2.22. The minimum Gasteiger partial charge on any atom is -0.353 e. The second-order valence-electron chi connectivity index (χ2n) is 8.13. The zero-order valence-corrected chi connectivity index (χ0v) is 18.0. The number of carbonyl (C=O) groups is 1. The number of carbonyl (C=O) groups excluding carboxylic acids is 1. The van der Waals surface area contributed by atoms with Gasteiger partial charge in [-0.15, -0.1) is 21.5 Å². The molecule has 3 aromatic heterocycles. The molecule has 0 spiro atoms. The number of aryl methyl sites for hydroxylation is 2. The first-order valence-electron chi connectivity index (χ1n) is 10.7. The molecule has 1 aliphatic rings. The van der Waals surface area contributed by atoms with Crippen molar-refractivity contribution in [1.82, 2.24) is 24.5 Å². The molecule has 1 fully saturated rings. The Morgan fingerprint density at radius 1 is 1.31 bits per heavy atom. The maximum Gasteiger partial charge on any atom is 0.272 e. The second kappa shape index (κ2) is 8.65. The first-order chi connectivity index (χ1) is 14.1. The summed E-state index contributed by atoms with van der Waals surface area (Å²) in [6.45, 7) is 4.90. The van der Waals surface area contributed by atoms with Crippen LogP contribution in [0.1, 0.15) is 64.6 Å². The Labute approximate surface area is 174 Å². The highest BCUT2D eigenvalue weighted by Crippen LogP contribution is 2.24. The predicted molar refractivity (Wildman–Crippen MR) is 115 cm³/mol. The fourth-order valence-corrected chi connectivity index (χ4v) is 5.21. The zero-order valence-electron chi connectivity index (χ0n) is 17.2. The van der Waals surface area contributed by atoms with Crippen LogP contribution in [0.3, 0.4) is 0 Å². The monoisotopic (exact) mass is 415 g/mol. The van der Waals surface area contributed by atoms with Crippen molar-refractivity contribution in [3.63, 3.8) is 0 Å². The Balaban J connectivity index is 1.49. The van der Waals surface area contributed by atoms with Gasteiger partial charge in [0.05, 0.1) is 5.52 Å². The van der Waals surface area contributed by atoms with Crippen molar-refractivity contribution in [2.24, 2.45) is 5.92 Å². The zero-order chi connectivity index (χ0) is 20.4. The lowest BCUT2D eigenvalue weighted by Gasteiger charge is -2.29. The standard InChI is InChI=1S/C21H29N5O2S/c1-3-12-25-20(28)19-16(11-13-29-19)26-17(23-24-21(25)26)9-6-10-18(27)22-15-8-5-4-7-14(15)2/h11,13-15H,3-10,12H2,1-2H3,(H,22,27)/t14-,15+/m0/s1. The molecule has 0 bridgehead atoms. The third-order valence-corrected chi connectivity index (χ3v) is 6.88. The summed E-state index contributed by atoms with van der Waals surface area (Å²) in [6.07, 6.45) is 7.48. The SMILES string of the molecule is CCCn1c(=O)c2sccc2n2c(CCCC(=O)N[C@@H]3CCCC[C@@H]3C)nnc12. The van der Waals surface area contributed by atoms with Crippen molar-refractivity contribution in [3.8, 4) is 0 Å². The molecule has 4 rings (SSSR count). The summed E-state index contributed by atoms with van der Waals surface area (Å²) >= 11 is 1.46. The highest BCUT2D eigenvalue weighted by atomic mass is 32.1. The molecule has 1 aliphatic carbocycles. The van der Waals surface area contributed by atoms with Crippen LogP contribution in [0.15, 0.2) is 16.2 Å². The lowest BCUT2D eigenvalue weighted by atomic mass is 9.86. The number of nitrogens with zero attached hydrogens (tertiary/aromatic N) is 4. The van der Waals surface area contributed by atoms with Gasteiger partial charge < -0.3 is 5.32 Å². The molecular formula is C21H29N5O2S. The summed E-state index contributed by atoms with van der Waals surface area (Å²) in [7, 11) is 0. The van der Waals surface area contributed by atoms with Crippen molar-refractivity contribution in [2.75, 3.05) is 0 Å². The summed E-state index contributed by atoms with van der Waals surface area (Å²) in [6, 6.07) is 2.27. The lowest BCUT2D eigenvalue weighted by Crippen LogP contribution is -2.40. The highest BCUT2D eigenvalue weighted by Gasteiger charge is 2.23. The molecule has 0 saturated heterocycles. The van der Waals surface area contributed by atoms with Gasteiger partial charge in [-0.2, -0.15) is 0 Å². The largest absolute Gasteiger partial charge is 0.353 e. The average Bonchev–Trinajstić information content (AvgIpc) is 3.34. The number of hydrogen-bond acceptors (Lipinski definition) is 5. The van der Waals surface area contributed by atoms with Crippen molar-refractivity contribution in [2.45, 2.75) is 77.8 Å². The average molecular weight is 416 g/mol. The Bertz CT molecular complexity index is 1070. The van der Waals surface area contributed by atoms with E-state index in [9.17, 15) is 9.59 Å². The van der Waals surface area contributed by atoms with Crippen molar-refractivity contribution in [3.05, 3.63) is 27.6 Å². The molecule has 0 aromatic carbocycles. The molecule has 29 heavy (non-hydrogen) atoms. The van der Waals surface area contributed by atoms with E-state index < -0.39 is 0 Å². The van der Waals surface area contributed by atoms with Crippen LogP contribution in [0, 0.1) is 5.92 Å². The fraction of sp³-hybridized carbons (Fsp3) is 0.619. The van der Waals surface area contributed by atoms with E-state index in [1.54, 1.807) is 4.57 Å².